The third-order valence-electron chi connectivity index (χ3n) is 3.35. The summed E-state index contributed by atoms with van der Waals surface area (Å²) in [4.78, 5) is 4.13. The van der Waals surface area contributed by atoms with Crippen LogP contribution in [0.5, 0.6) is 0 Å². The second-order valence-electron chi connectivity index (χ2n) is 4.79. The van der Waals surface area contributed by atoms with Gasteiger partial charge in [-0.05, 0) is 37.2 Å². The molecule has 3 rings (SSSR count). The monoisotopic (exact) mass is 270 g/mol. The summed E-state index contributed by atoms with van der Waals surface area (Å²) >= 11 is 0. The van der Waals surface area contributed by atoms with Crippen molar-refractivity contribution in [2.24, 2.45) is 0 Å². The maximum atomic E-state index is 13.6. The summed E-state index contributed by atoms with van der Waals surface area (Å²) in [6.45, 7) is 1.89. The molecule has 5 heteroatoms. The van der Waals surface area contributed by atoms with Gasteiger partial charge in [-0.3, -0.25) is 4.98 Å². The maximum Gasteiger partial charge on any atom is 0.123 e. The van der Waals surface area contributed by atoms with Gasteiger partial charge in [0.15, 0.2) is 0 Å². The Morgan fingerprint density at radius 3 is 2.85 bits per heavy atom. The van der Waals surface area contributed by atoms with Crippen molar-refractivity contribution < 1.29 is 4.39 Å². The van der Waals surface area contributed by atoms with Crippen molar-refractivity contribution in [2.45, 2.75) is 13.0 Å². The number of aromatic nitrogens is 3. The predicted octanol–water partition coefficient (Wildman–Crippen LogP) is 2.49. The van der Waals surface area contributed by atoms with Crippen molar-refractivity contribution in [1.82, 2.24) is 19.9 Å². The van der Waals surface area contributed by atoms with E-state index in [0.29, 0.717) is 0 Å². The first-order chi connectivity index (χ1) is 9.69. The summed E-state index contributed by atoms with van der Waals surface area (Å²) in [5, 5.41) is 7.52. The highest BCUT2D eigenvalue weighted by molar-refractivity contribution is 5.55. The zero-order valence-corrected chi connectivity index (χ0v) is 11.3. The summed E-state index contributed by atoms with van der Waals surface area (Å²) in [5.74, 6) is -0.227. The van der Waals surface area contributed by atoms with E-state index in [-0.39, 0.29) is 11.9 Å². The van der Waals surface area contributed by atoms with E-state index in [9.17, 15) is 4.39 Å². The van der Waals surface area contributed by atoms with Crippen molar-refractivity contribution in [3.8, 4) is 0 Å². The number of fused-ring (bicyclic) bond motifs is 1. The first-order valence-electron chi connectivity index (χ1n) is 6.40. The lowest BCUT2D eigenvalue weighted by molar-refractivity contribution is 0.616. The van der Waals surface area contributed by atoms with Gasteiger partial charge in [-0.25, -0.2) is 8.91 Å². The Labute approximate surface area is 116 Å². The van der Waals surface area contributed by atoms with Crippen LogP contribution in [0.4, 0.5) is 4.39 Å². The molecule has 0 aliphatic rings. The van der Waals surface area contributed by atoms with E-state index in [4.69, 9.17) is 0 Å². The average molecular weight is 270 g/mol. The Kier molecular flexibility index (Phi) is 3.20. The second kappa shape index (κ2) is 5.02. The van der Waals surface area contributed by atoms with E-state index in [1.54, 1.807) is 35.4 Å². The molecule has 0 spiro atoms. The van der Waals surface area contributed by atoms with E-state index in [2.05, 4.69) is 15.4 Å². The average Bonchev–Trinajstić information content (AvgIpc) is 2.83. The van der Waals surface area contributed by atoms with Crippen LogP contribution in [0.1, 0.15) is 22.7 Å². The molecule has 0 saturated carbocycles. The summed E-state index contributed by atoms with van der Waals surface area (Å²) in [7, 11) is 1.85. The van der Waals surface area contributed by atoms with Crippen LogP contribution in [0.2, 0.25) is 0 Å². The maximum absolute atomic E-state index is 13.6. The fourth-order valence-electron chi connectivity index (χ4n) is 2.51. The van der Waals surface area contributed by atoms with Crippen LogP contribution in [-0.2, 0) is 0 Å². The van der Waals surface area contributed by atoms with Gasteiger partial charge in [0.25, 0.3) is 0 Å². The SMILES string of the molecule is CNC(c1cc(C)cc(F)c1)c1cnn2ccncc12. The molecule has 1 N–H and O–H groups in total. The van der Waals surface area contributed by atoms with Crippen molar-refractivity contribution in [3.63, 3.8) is 0 Å². The summed E-state index contributed by atoms with van der Waals surface area (Å²) in [6.07, 6.45) is 7.03. The van der Waals surface area contributed by atoms with Gasteiger partial charge in [-0.15, -0.1) is 0 Å². The van der Waals surface area contributed by atoms with Crippen molar-refractivity contribution >= 4 is 5.52 Å². The summed E-state index contributed by atoms with van der Waals surface area (Å²) in [5.41, 5.74) is 3.66. The number of benzene rings is 1. The van der Waals surface area contributed by atoms with Crippen LogP contribution in [-0.4, -0.2) is 21.6 Å². The lowest BCUT2D eigenvalue weighted by atomic mass is 9.98. The minimum atomic E-state index is -0.227. The predicted molar refractivity (Wildman–Crippen MR) is 75.0 cm³/mol. The van der Waals surface area contributed by atoms with Gasteiger partial charge in [0, 0.05) is 18.0 Å². The molecule has 102 valence electrons. The molecule has 20 heavy (non-hydrogen) atoms. The zero-order chi connectivity index (χ0) is 14.1. The van der Waals surface area contributed by atoms with E-state index >= 15 is 0 Å². The highest BCUT2D eigenvalue weighted by atomic mass is 19.1. The largest absolute Gasteiger partial charge is 0.309 e. The van der Waals surface area contributed by atoms with Crippen LogP contribution in [0.25, 0.3) is 5.52 Å². The van der Waals surface area contributed by atoms with E-state index < -0.39 is 0 Å². The third-order valence-corrected chi connectivity index (χ3v) is 3.35. The molecule has 0 amide bonds. The fourth-order valence-corrected chi connectivity index (χ4v) is 2.51. The van der Waals surface area contributed by atoms with E-state index in [1.807, 2.05) is 20.0 Å². The lowest BCUT2D eigenvalue weighted by Gasteiger charge is -2.16. The third kappa shape index (κ3) is 2.16. The van der Waals surface area contributed by atoms with Crippen LogP contribution < -0.4 is 5.32 Å². The van der Waals surface area contributed by atoms with Gasteiger partial charge in [-0.1, -0.05) is 6.07 Å². The van der Waals surface area contributed by atoms with Gasteiger partial charge in [0.05, 0.1) is 24.0 Å². The zero-order valence-electron chi connectivity index (χ0n) is 11.3. The van der Waals surface area contributed by atoms with E-state index in [0.717, 1.165) is 22.2 Å². The molecule has 0 saturated heterocycles. The van der Waals surface area contributed by atoms with Crippen molar-refractivity contribution in [3.05, 3.63) is 65.5 Å². The number of halogens is 1. The molecule has 0 fully saturated rings. The van der Waals surface area contributed by atoms with Crippen molar-refractivity contribution in [1.29, 1.82) is 0 Å². The van der Waals surface area contributed by atoms with Crippen LogP contribution >= 0.6 is 0 Å². The molecule has 4 nitrogen and oxygen atoms in total. The van der Waals surface area contributed by atoms with Crippen LogP contribution in [0.15, 0.2) is 43.0 Å². The Bertz CT molecular complexity index is 730. The Balaban J connectivity index is 2.14. The number of nitrogens with zero attached hydrogens (tertiary/aromatic N) is 3. The Morgan fingerprint density at radius 2 is 2.10 bits per heavy atom. The van der Waals surface area contributed by atoms with Gasteiger partial charge >= 0.3 is 0 Å². The summed E-state index contributed by atoms with van der Waals surface area (Å²) < 4.78 is 15.4. The van der Waals surface area contributed by atoms with Gasteiger partial charge in [0.1, 0.15) is 5.82 Å². The molecule has 0 radical (unpaired) electrons. The highest BCUT2D eigenvalue weighted by Gasteiger charge is 2.17. The molecule has 0 aliphatic carbocycles. The normalized spacial score (nSPS) is 12.8. The topological polar surface area (TPSA) is 42.2 Å². The molecule has 1 aromatic carbocycles. The van der Waals surface area contributed by atoms with Crippen LogP contribution in [0.3, 0.4) is 0 Å². The Morgan fingerprint density at radius 1 is 1.25 bits per heavy atom. The molecule has 1 atom stereocenters. The van der Waals surface area contributed by atoms with E-state index in [1.165, 1.54) is 6.07 Å². The number of hydrogen-bond donors (Lipinski definition) is 1. The number of nitrogens with one attached hydrogen (secondary N) is 1. The van der Waals surface area contributed by atoms with Crippen molar-refractivity contribution in [2.75, 3.05) is 7.05 Å². The molecule has 2 heterocycles. The highest BCUT2D eigenvalue weighted by Crippen LogP contribution is 2.26. The minimum Gasteiger partial charge on any atom is -0.309 e. The number of hydrogen-bond acceptors (Lipinski definition) is 3. The minimum absolute atomic E-state index is 0.119. The summed E-state index contributed by atoms with van der Waals surface area (Å²) in [6, 6.07) is 4.93. The van der Waals surface area contributed by atoms with Gasteiger partial charge < -0.3 is 5.32 Å². The molecule has 0 bridgehead atoms. The lowest BCUT2D eigenvalue weighted by Crippen LogP contribution is -2.17. The molecular formula is C15H15FN4. The molecule has 1 unspecified atom stereocenters. The van der Waals surface area contributed by atoms with Gasteiger partial charge in [-0.2, -0.15) is 5.10 Å². The molecule has 3 aromatic rings. The molecule has 0 aliphatic heterocycles. The smallest absolute Gasteiger partial charge is 0.123 e. The standard InChI is InChI=1S/C15H15FN4/c1-10-5-11(7-12(16)6-10)15(17-2)13-8-19-20-4-3-18-9-14(13)20/h3-9,15,17H,1-2H3. The number of rotatable bonds is 3. The fraction of sp³-hybridized carbons (Fsp3) is 0.200. The first kappa shape index (κ1) is 12.7. The second-order valence-corrected chi connectivity index (χ2v) is 4.79. The quantitative estimate of drug-likeness (QED) is 0.795. The molecule has 2 aromatic heterocycles. The number of aryl methyl sites for hydroxylation is 1. The first-order valence-corrected chi connectivity index (χ1v) is 6.40. The molecular weight excluding hydrogens is 255 g/mol. The van der Waals surface area contributed by atoms with Gasteiger partial charge in [0.2, 0.25) is 0 Å². The van der Waals surface area contributed by atoms with Crippen LogP contribution in [0, 0.1) is 12.7 Å². The Hall–Kier alpha value is -2.27.